The van der Waals surface area contributed by atoms with E-state index in [1.54, 1.807) is 19.9 Å². The average Bonchev–Trinajstić information content (AvgIpc) is 2.78. The van der Waals surface area contributed by atoms with E-state index in [0.717, 1.165) is 4.90 Å². The Bertz CT molecular complexity index is 619. The van der Waals surface area contributed by atoms with Gasteiger partial charge in [0.05, 0.1) is 13.3 Å². The van der Waals surface area contributed by atoms with Crippen molar-refractivity contribution in [2.24, 2.45) is 0 Å². The third-order valence-corrected chi connectivity index (χ3v) is 3.19. The lowest BCUT2D eigenvalue weighted by atomic mass is 10.2. The Hall–Kier alpha value is -2.32. The van der Waals surface area contributed by atoms with Crippen molar-refractivity contribution < 1.29 is 27.5 Å². The third kappa shape index (κ3) is 4.11. The summed E-state index contributed by atoms with van der Waals surface area (Å²) in [5, 5.41) is 0. The molecule has 0 atom stereocenters. The number of halogens is 3. The minimum Gasteiger partial charge on any atom is -0.477 e. The van der Waals surface area contributed by atoms with E-state index < -0.39 is 37.7 Å². The van der Waals surface area contributed by atoms with Crippen molar-refractivity contribution in [2.45, 2.75) is 20.0 Å². The van der Waals surface area contributed by atoms with Crippen LogP contribution in [-0.4, -0.2) is 59.1 Å². The van der Waals surface area contributed by atoms with Gasteiger partial charge in [-0.2, -0.15) is 13.2 Å². The number of alkyl halides is 3. The summed E-state index contributed by atoms with van der Waals surface area (Å²) in [6.07, 6.45) is -4.50. The first-order valence-corrected chi connectivity index (χ1v) is 6.95. The molecule has 23 heavy (non-hydrogen) atoms. The van der Waals surface area contributed by atoms with Crippen molar-refractivity contribution in [1.82, 2.24) is 14.8 Å². The Morgan fingerprint density at radius 3 is 2.70 bits per heavy atom. The zero-order valence-electron chi connectivity index (χ0n) is 12.7. The number of aromatic nitrogens is 1. The molecule has 2 amide bonds. The van der Waals surface area contributed by atoms with Gasteiger partial charge in [-0.15, -0.1) is 0 Å². The summed E-state index contributed by atoms with van der Waals surface area (Å²) in [7, 11) is 0. The van der Waals surface area contributed by atoms with E-state index in [-0.39, 0.29) is 18.1 Å². The SMILES string of the molecule is CCOc1nc(C)ccc1C(=O)N1CC(=O)N(CC(F)(F)F)C1. The van der Waals surface area contributed by atoms with E-state index in [0.29, 0.717) is 10.6 Å². The van der Waals surface area contributed by atoms with Gasteiger partial charge in [0.25, 0.3) is 5.91 Å². The van der Waals surface area contributed by atoms with Crippen LogP contribution in [0.1, 0.15) is 23.0 Å². The Balaban J connectivity index is 2.17. The quantitative estimate of drug-likeness (QED) is 0.841. The van der Waals surface area contributed by atoms with Gasteiger partial charge >= 0.3 is 6.18 Å². The molecule has 1 aromatic heterocycles. The molecule has 1 aliphatic rings. The van der Waals surface area contributed by atoms with Crippen LogP contribution in [-0.2, 0) is 4.79 Å². The van der Waals surface area contributed by atoms with Crippen LogP contribution in [0, 0.1) is 6.92 Å². The average molecular weight is 331 g/mol. The van der Waals surface area contributed by atoms with E-state index in [1.165, 1.54) is 6.07 Å². The molecule has 0 aromatic carbocycles. The molecule has 1 aromatic rings. The van der Waals surface area contributed by atoms with Crippen molar-refractivity contribution in [2.75, 3.05) is 26.4 Å². The maximum absolute atomic E-state index is 12.5. The first-order chi connectivity index (χ1) is 10.7. The highest BCUT2D eigenvalue weighted by Crippen LogP contribution is 2.23. The minimum absolute atomic E-state index is 0.110. The third-order valence-electron chi connectivity index (χ3n) is 3.19. The molecule has 2 rings (SSSR count). The Morgan fingerprint density at radius 1 is 1.39 bits per heavy atom. The van der Waals surface area contributed by atoms with Crippen LogP contribution in [0.2, 0.25) is 0 Å². The monoisotopic (exact) mass is 331 g/mol. The zero-order chi connectivity index (χ0) is 17.2. The van der Waals surface area contributed by atoms with Crippen LogP contribution in [0.25, 0.3) is 0 Å². The fourth-order valence-corrected chi connectivity index (χ4v) is 2.20. The molecule has 0 saturated carbocycles. The Morgan fingerprint density at radius 2 is 2.09 bits per heavy atom. The molecular formula is C14H16F3N3O3. The first-order valence-electron chi connectivity index (χ1n) is 6.95. The van der Waals surface area contributed by atoms with Crippen molar-refractivity contribution >= 4 is 11.8 Å². The highest BCUT2D eigenvalue weighted by atomic mass is 19.4. The van der Waals surface area contributed by atoms with Crippen LogP contribution < -0.4 is 4.74 Å². The second kappa shape index (κ2) is 6.43. The van der Waals surface area contributed by atoms with Crippen LogP contribution in [0.3, 0.4) is 0 Å². The molecule has 0 bridgehead atoms. The molecule has 1 fully saturated rings. The summed E-state index contributed by atoms with van der Waals surface area (Å²) in [5.74, 6) is -1.22. The Kier molecular flexibility index (Phi) is 4.76. The van der Waals surface area contributed by atoms with Gasteiger partial charge in [-0.3, -0.25) is 9.59 Å². The van der Waals surface area contributed by atoms with E-state index in [4.69, 9.17) is 4.74 Å². The number of nitrogens with zero attached hydrogens (tertiary/aromatic N) is 3. The maximum atomic E-state index is 12.5. The highest BCUT2D eigenvalue weighted by Gasteiger charge is 2.39. The second-order valence-corrected chi connectivity index (χ2v) is 5.09. The zero-order valence-corrected chi connectivity index (χ0v) is 12.7. The Labute approximate surface area is 130 Å². The number of aryl methyl sites for hydroxylation is 1. The molecular weight excluding hydrogens is 315 g/mol. The van der Waals surface area contributed by atoms with E-state index >= 15 is 0 Å². The summed E-state index contributed by atoms with van der Waals surface area (Å²) in [5.41, 5.74) is 0.764. The standard InChI is InChI=1S/C14H16F3N3O3/c1-3-23-12-10(5-4-9(2)18-12)13(22)19-6-11(21)20(8-19)7-14(15,16)17/h4-5H,3,6-8H2,1-2H3. The molecule has 0 unspecified atom stereocenters. The van der Waals surface area contributed by atoms with E-state index in [2.05, 4.69) is 4.98 Å². The largest absolute Gasteiger partial charge is 0.477 e. The number of amides is 2. The van der Waals surface area contributed by atoms with Crippen LogP contribution in [0.4, 0.5) is 13.2 Å². The molecule has 9 heteroatoms. The molecule has 1 aliphatic heterocycles. The lowest BCUT2D eigenvalue weighted by molar-refractivity contribution is -0.157. The molecule has 1 saturated heterocycles. The molecule has 126 valence electrons. The fourth-order valence-electron chi connectivity index (χ4n) is 2.20. The van der Waals surface area contributed by atoms with E-state index in [9.17, 15) is 22.8 Å². The molecule has 6 nitrogen and oxygen atoms in total. The topological polar surface area (TPSA) is 62.7 Å². The normalized spacial score (nSPS) is 15.3. The summed E-state index contributed by atoms with van der Waals surface area (Å²) >= 11 is 0. The predicted molar refractivity (Wildman–Crippen MR) is 73.8 cm³/mol. The summed E-state index contributed by atoms with van der Waals surface area (Å²) < 4.78 is 42.5. The van der Waals surface area contributed by atoms with Gasteiger partial charge in [0.15, 0.2) is 0 Å². The van der Waals surface area contributed by atoms with Gasteiger partial charge in [0, 0.05) is 5.69 Å². The summed E-state index contributed by atoms with van der Waals surface area (Å²) in [6.45, 7) is 1.56. The van der Waals surface area contributed by atoms with Gasteiger partial charge in [-0.25, -0.2) is 4.98 Å². The maximum Gasteiger partial charge on any atom is 0.406 e. The van der Waals surface area contributed by atoms with Crippen LogP contribution in [0.5, 0.6) is 5.88 Å². The van der Waals surface area contributed by atoms with Crippen LogP contribution >= 0.6 is 0 Å². The molecule has 2 heterocycles. The fraction of sp³-hybridized carbons (Fsp3) is 0.500. The van der Waals surface area contributed by atoms with Crippen molar-refractivity contribution in [1.29, 1.82) is 0 Å². The van der Waals surface area contributed by atoms with Crippen molar-refractivity contribution in [3.05, 3.63) is 23.4 Å². The number of hydrogen-bond acceptors (Lipinski definition) is 4. The first kappa shape index (κ1) is 17.0. The molecule has 0 radical (unpaired) electrons. The molecule has 0 aliphatic carbocycles. The summed E-state index contributed by atoms with van der Waals surface area (Å²) in [4.78, 5) is 29.9. The summed E-state index contributed by atoms with van der Waals surface area (Å²) in [6, 6.07) is 3.09. The van der Waals surface area contributed by atoms with Crippen LogP contribution in [0.15, 0.2) is 12.1 Å². The van der Waals surface area contributed by atoms with Gasteiger partial charge in [0.1, 0.15) is 18.7 Å². The lowest BCUT2D eigenvalue weighted by Crippen LogP contribution is -2.37. The van der Waals surface area contributed by atoms with Gasteiger partial charge in [0.2, 0.25) is 11.8 Å². The predicted octanol–water partition coefficient (Wildman–Crippen LogP) is 1.59. The lowest BCUT2D eigenvalue weighted by Gasteiger charge is -2.20. The van der Waals surface area contributed by atoms with E-state index in [1.807, 2.05) is 0 Å². The van der Waals surface area contributed by atoms with Crippen molar-refractivity contribution in [3.63, 3.8) is 0 Å². The number of carbonyl (C=O) groups excluding carboxylic acids is 2. The van der Waals surface area contributed by atoms with Gasteiger partial charge in [-0.05, 0) is 26.0 Å². The molecule has 0 spiro atoms. The van der Waals surface area contributed by atoms with Crippen molar-refractivity contribution in [3.8, 4) is 5.88 Å². The highest BCUT2D eigenvalue weighted by molar-refractivity contribution is 5.99. The number of pyridine rings is 1. The minimum atomic E-state index is -4.50. The smallest absolute Gasteiger partial charge is 0.406 e. The second-order valence-electron chi connectivity index (χ2n) is 5.09. The van der Waals surface area contributed by atoms with Gasteiger partial charge in [-0.1, -0.05) is 0 Å². The number of hydrogen-bond donors (Lipinski definition) is 0. The molecule has 0 N–H and O–H groups in total. The number of carbonyl (C=O) groups is 2. The number of rotatable bonds is 4. The van der Waals surface area contributed by atoms with Gasteiger partial charge < -0.3 is 14.5 Å². The number of ether oxygens (including phenoxy) is 1.